The van der Waals surface area contributed by atoms with Gasteiger partial charge in [-0.1, -0.05) is 72.3 Å². The van der Waals surface area contributed by atoms with Crippen molar-refractivity contribution in [1.29, 1.82) is 0 Å². The Morgan fingerprint density at radius 1 is 1.00 bits per heavy atom. The summed E-state index contributed by atoms with van der Waals surface area (Å²) in [5.41, 5.74) is 5.27. The molecule has 0 amide bonds. The van der Waals surface area contributed by atoms with E-state index in [9.17, 15) is 0 Å². The minimum atomic E-state index is 0.604. The van der Waals surface area contributed by atoms with E-state index in [2.05, 4.69) is 32.2 Å². The van der Waals surface area contributed by atoms with Crippen LogP contribution in [0, 0.1) is 0 Å². The number of halogens is 1. The third-order valence-electron chi connectivity index (χ3n) is 5.53. The molecule has 31 heavy (non-hydrogen) atoms. The van der Waals surface area contributed by atoms with Gasteiger partial charge in [-0.25, -0.2) is 0 Å². The first kappa shape index (κ1) is 21.6. The Labute approximate surface area is 188 Å². The average Bonchev–Trinajstić information content (AvgIpc) is 2.83. The summed E-state index contributed by atoms with van der Waals surface area (Å²) in [7, 11) is 1.80. The van der Waals surface area contributed by atoms with Crippen LogP contribution in [0.25, 0.3) is 11.3 Å². The maximum absolute atomic E-state index is 6.99. The monoisotopic (exact) mass is 434 g/mol. The van der Waals surface area contributed by atoms with Crippen molar-refractivity contribution < 1.29 is 4.74 Å². The molecule has 0 spiro atoms. The summed E-state index contributed by atoms with van der Waals surface area (Å²) in [5.74, 6) is 0. The van der Waals surface area contributed by atoms with E-state index in [1.165, 1.54) is 0 Å². The Morgan fingerprint density at radius 3 is 2.35 bits per heavy atom. The molecule has 1 fully saturated rings. The molecule has 1 aromatic heterocycles. The molecule has 0 atom stereocenters. The Morgan fingerprint density at radius 2 is 1.68 bits per heavy atom. The molecule has 0 bridgehead atoms. The Hall–Kier alpha value is -2.60. The second kappa shape index (κ2) is 10.6. The van der Waals surface area contributed by atoms with E-state index in [1.807, 2.05) is 48.5 Å². The number of aliphatic imine (C=N–C) groups is 1. The van der Waals surface area contributed by atoms with Gasteiger partial charge in [-0.3, -0.25) is 9.89 Å². The number of hydrogen-bond donors (Lipinski definition) is 0. The number of rotatable bonds is 7. The molecule has 0 radical (unpaired) electrons. The number of benzene rings is 2. The van der Waals surface area contributed by atoms with Crippen molar-refractivity contribution in [2.75, 3.05) is 39.9 Å². The lowest BCUT2D eigenvalue weighted by molar-refractivity contribution is 0.0374. The first-order valence-electron chi connectivity index (χ1n) is 10.7. The summed E-state index contributed by atoms with van der Waals surface area (Å²) in [6, 6.07) is 20.1. The summed E-state index contributed by atoms with van der Waals surface area (Å²) in [4.78, 5) is 7.05. The molecular formula is C25H27ClN4O. The average molecular weight is 435 g/mol. The molecule has 6 heteroatoms. The van der Waals surface area contributed by atoms with Gasteiger partial charge in [-0.15, -0.1) is 5.10 Å². The minimum Gasteiger partial charge on any atom is -0.379 e. The van der Waals surface area contributed by atoms with Gasteiger partial charge in [0.1, 0.15) is 5.69 Å². The standard InChI is InChI=1S/C25H27ClN4O/c1-27-24(19-9-4-2-5-10-19)22-21(13-8-14-30-15-17-31-18-16-30)28-29-25(23(22)26)20-11-6-3-7-12-20/h2-7,9-12H,8,13-18H2,1H3. The summed E-state index contributed by atoms with van der Waals surface area (Å²) >= 11 is 6.99. The van der Waals surface area contributed by atoms with Gasteiger partial charge in [0.15, 0.2) is 0 Å². The first-order valence-corrected chi connectivity index (χ1v) is 11.1. The SMILES string of the molecule is CN=C(c1ccccc1)c1c(CCCN2CCOCC2)nnc(-c2ccccc2)c1Cl. The highest BCUT2D eigenvalue weighted by molar-refractivity contribution is 6.37. The predicted molar refractivity (Wildman–Crippen MR) is 126 cm³/mol. The van der Waals surface area contributed by atoms with E-state index in [-0.39, 0.29) is 0 Å². The fourth-order valence-electron chi connectivity index (χ4n) is 3.92. The molecule has 160 valence electrons. The van der Waals surface area contributed by atoms with Crippen molar-refractivity contribution in [3.63, 3.8) is 0 Å². The molecule has 2 heterocycles. The van der Waals surface area contributed by atoms with Crippen LogP contribution < -0.4 is 0 Å². The van der Waals surface area contributed by atoms with Gasteiger partial charge in [-0.05, 0) is 19.4 Å². The van der Waals surface area contributed by atoms with E-state index in [0.29, 0.717) is 10.7 Å². The second-order valence-electron chi connectivity index (χ2n) is 7.55. The van der Waals surface area contributed by atoms with Crippen LogP contribution in [-0.2, 0) is 11.2 Å². The molecular weight excluding hydrogens is 408 g/mol. The molecule has 0 N–H and O–H groups in total. The van der Waals surface area contributed by atoms with Crippen LogP contribution in [0.5, 0.6) is 0 Å². The summed E-state index contributed by atoms with van der Waals surface area (Å²) < 4.78 is 5.45. The fraction of sp³-hybridized carbons (Fsp3) is 0.320. The van der Waals surface area contributed by atoms with Gasteiger partial charge in [0.25, 0.3) is 0 Å². The van der Waals surface area contributed by atoms with Gasteiger partial charge in [0.2, 0.25) is 0 Å². The van der Waals surface area contributed by atoms with Gasteiger partial charge in [0, 0.05) is 36.8 Å². The maximum Gasteiger partial charge on any atom is 0.112 e. The summed E-state index contributed by atoms with van der Waals surface area (Å²) in [5, 5.41) is 9.75. The van der Waals surface area contributed by atoms with E-state index < -0.39 is 0 Å². The number of morpholine rings is 1. The lowest BCUT2D eigenvalue weighted by Gasteiger charge is -2.26. The molecule has 3 aromatic rings. The second-order valence-corrected chi connectivity index (χ2v) is 7.92. The molecule has 5 nitrogen and oxygen atoms in total. The van der Waals surface area contributed by atoms with Crippen LogP contribution in [0.3, 0.4) is 0 Å². The highest BCUT2D eigenvalue weighted by Gasteiger charge is 2.21. The van der Waals surface area contributed by atoms with Crippen LogP contribution in [0.1, 0.15) is 23.2 Å². The number of aromatic nitrogens is 2. The number of ether oxygens (including phenoxy) is 1. The summed E-state index contributed by atoms with van der Waals surface area (Å²) in [6.45, 7) is 4.59. The zero-order valence-corrected chi connectivity index (χ0v) is 18.6. The van der Waals surface area contributed by atoms with E-state index in [0.717, 1.165) is 73.8 Å². The zero-order chi connectivity index (χ0) is 21.5. The van der Waals surface area contributed by atoms with Gasteiger partial charge in [-0.2, -0.15) is 5.10 Å². The lowest BCUT2D eigenvalue weighted by atomic mass is 9.97. The molecule has 4 rings (SSSR count). The molecule has 2 aromatic carbocycles. The molecule has 1 saturated heterocycles. The van der Waals surface area contributed by atoms with Crippen LogP contribution in [0.15, 0.2) is 65.7 Å². The highest BCUT2D eigenvalue weighted by atomic mass is 35.5. The van der Waals surface area contributed by atoms with Crippen LogP contribution in [0.4, 0.5) is 0 Å². The first-order chi connectivity index (χ1) is 15.3. The van der Waals surface area contributed by atoms with Gasteiger partial charge < -0.3 is 4.74 Å². The Bertz CT molecular complexity index is 1020. The third-order valence-corrected chi connectivity index (χ3v) is 5.90. The van der Waals surface area contributed by atoms with Crippen molar-refractivity contribution >= 4 is 17.3 Å². The fourth-order valence-corrected chi connectivity index (χ4v) is 4.27. The number of nitrogens with zero attached hydrogens (tertiary/aromatic N) is 4. The quantitative estimate of drug-likeness (QED) is 0.512. The van der Waals surface area contributed by atoms with Gasteiger partial charge >= 0.3 is 0 Å². The van der Waals surface area contributed by atoms with E-state index >= 15 is 0 Å². The largest absolute Gasteiger partial charge is 0.379 e. The molecule has 0 unspecified atom stereocenters. The molecule has 0 aliphatic carbocycles. The predicted octanol–water partition coefficient (Wildman–Crippen LogP) is 4.53. The van der Waals surface area contributed by atoms with Crippen LogP contribution >= 0.6 is 11.6 Å². The zero-order valence-electron chi connectivity index (χ0n) is 17.8. The topological polar surface area (TPSA) is 50.6 Å². The molecule has 1 aliphatic rings. The van der Waals surface area contributed by atoms with Crippen molar-refractivity contribution in [3.8, 4) is 11.3 Å². The van der Waals surface area contributed by atoms with E-state index in [4.69, 9.17) is 16.3 Å². The molecule has 0 saturated carbocycles. The van der Waals surface area contributed by atoms with Crippen LogP contribution in [-0.4, -0.2) is 60.7 Å². The van der Waals surface area contributed by atoms with Crippen molar-refractivity contribution in [2.24, 2.45) is 4.99 Å². The lowest BCUT2D eigenvalue weighted by Crippen LogP contribution is -2.37. The van der Waals surface area contributed by atoms with Crippen molar-refractivity contribution in [2.45, 2.75) is 12.8 Å². The normalized spacial score (nSPS) is 15.2. The Kier molecular flexibility index (Phi) is 7.41. The van der Waals surface area contributed by atoms with E-state index in [1.54, 1.807) is 7.05 Å². The van der Waals surface area contributed by atoms with Crippen LogP contribution in [0.2, 0.25) is 5.02 Å². The highest BCUT2D eigenvalue weighted by Crippen LogP contribution is 2.32. The Balaban J connectivity index is 1.69. The number of hydrogen-bond acceptors (Lipinski definition) is 5. The van der Waals surface area contributed by atoms with Crippen molar-refractivity contribution in [1.82, 2.24) is 15.1 Å². The minimum absolute atomic E-state index is 0.604. The summed E-state index contributed by atoms with van der Waals surface area (Å²) in [6.07, 6.45) is 1.77. The van der Waals surface area contributed by atoms with Gasteiger partial charge in [0.05, 0.1) is 29.6 Å². The van der Waals surface area contributed by atoms with Crippen molar-refractivity contribution in [3.05, 3.63) is 82.5 Å². The third kappa shape index (κ3) is 5.18. The maximum atomic E-state index is 6.99. The number of aryl methyl sites for hydroxylation is 1. The smallest absolute Gasteiger partial charge is 0.112 e. The molecule has 1 aliphatic heterocycles.